The van der Waals surface area contributed by atoms with Crippen molar-refractivity contribution in [1.82, 2.24) is 14.5 Å². The van der Waals surface area contributed by atoms with Crippen molar-refractivity contribution in [3.8, 4) is 6.07 Å². The third-order valence-electron chi connectivity index (χ3n) is 4.69. The molecule has 0 unspecified atom stereocenters. The SMILES string of the molecule is CCOC(=O)c1cn2ncc(C#N)c(N3CCN(C(C)=O)CC3)c2c1C. The summed E-state index contributed by atoms with van der Waals surface area (Å²) in [6.45, 7) is 7.87. The van der Waals surface area contributed by atoms with E-state index in [-0.39, 0.29) is 5.91 Å². The van der Waals surface area contributed by atoms with Crippen molar-refractivity contribution in [3.05, 3.63) is 29.1 Å². The molecule has 0 bridgehead atoms. The first-order chi connectivity index (χ1) is 12.5. The Morgan fingerprint density at radius 3 is 2.58 bits per heavy atom. The summed E-state index contributed by atoms with van der Waals surface area (Å²) in [6, 6.07) is 2.20. The lowest BCUT2D eigenvalue weighted by Gasteiger charge is -2.36. The Morgan fingerprint density at radius 1 is 1.31 bits per heavy atom. The highest BCUT2D eigenvalue weighted by Crippen LogP contribution is 2.31. The Hall–Kier alpha value is -3.08. The monoisotopic (exact) mass is 355 g/mol. The van der Waals surface area contributed by atoms with Gasteiger partial charge in [0.25, 0.3) is 0 Å². The first kappa shape index (κ1) is 17.7. The van der Waals surface area contributed by atoms with Crippen LogP contribution in [0.4, 0.5) is 5.69 Å². The molecule has 0 saturated carbocycles. The van der Waals surface area contributed by atoms with Crippen LogP contribution in [-0.4, -0.2) is 59.2 Å². The Morgan fingerprint density at radius 2 is 2.00 bits per heavy atom. The molecule has 26 heavy (non-hydrogen) atoms. The van der Waals surface area contributed by atoms with Crippen LogP contribution in [0.25, 0.3) is 5.52 Å². The number of nitriles is 1. The van der Waals surface area contributed by atoms with Crippen LogP contribution in [0.1, 0.15) is 35.3 Å². The van der Waals surface area contributed by atoms with Crippen LogP contribution >= 0.6 is 0 Å². The summed E-state index contributed by atoms with van der Waals surface area (Å²) in [7, 11) is 0. The zero-order chi connectivity index (χ0) is 18.8. The molecule has 1 aliphatic rings. The summed E-state index contributed by atoms with van der Waals surface area (Å²) in [6.07, 6.45) is 3.15. The number of anilines is 1. The van der Waals surface area contributed by atoms with Gasteiger partial charge in [0.2, 0.25) is 5.91 Å². The molecular weight excluding hydrogens is 334 g/mol. The predicted octanol–water partition coefficient (Wildman–Crippen LogP) is 1.36. The Balaban J connectivity index is 2.07. The smallest absolute Gasteiger partial charge is 0.340 e. The molecule has 8 nitrogen and oxygen atoms in total. The van der Waals surface area contributed by atoms with Crippen LogP contribution in [0.3, 0.4) is 0 Å². The van der Waals surface area contributed by atoms with E-state index in [2.05, 4.69) is 16.1 Å². The fourth-order valence-electron chi connectivity index (χ4n) is 3.33. The third-order valence-corrected chi connectivity index (χ3v) is 4.69. The zero-order valence-corrected chi connectivity index (χ0v) is 15.2. The first-order valence-corrected chi connectivity index (χ1v) is 8.56. The zero-order valence-electron chi connectivity index (χ0n) is 15.2. The predicted molar refractivity (Wildman–Crippen MR) is 95.1 cm³/mol. The molecule has 2 aromatic heterocycles. The number of piperazine rings is 1. The molecule has 1 saturated heterocycles. The number of esters is 1. The fraction of sp³-hybridized carbons (Fsp3) is 0.444. The van der Waals surface area contributed by atoms with E-state index >= 15 is 0 Å². The van der Waals surface area contributed by atoms with Crippen LogP contribution in [0, 0.1) is 18.3 Å². The van der Waals surface area contributed by atoms with Crippen LogP contribution in [0.2, 0.25) is 0 Å². The highest BCUT2D eigenvalue weighted by Gasteiger charge is 2.26. The highest BCUT2D eigenvalue weighted by molar-refractivity contribution is 5.96. The minimum Gasteiger partial charge on any atom is -0.462 e. The minimum absolute atomic E-state index is 0.0495. The van der Waals surface area contributed by atoms with Gasteiger partial charge in [-0.25, -0.2) is 9.31 Å². The average Bonchev–Trinajstić information content (AvgIpc) is 2.98. The number of amides is 1. The van der Waals surface area contributed by atoms with Gasteiger partial charge >= 0.3 is 5.97 Å². The molecule has 0 radical (unpaired) electrons. The number of hydrogen-bond donors (Lipinski definition) is 0. The molecule has 0 spiro atoms. The second-order valence-electron chi connectivity index (χ2n) is 6.19. The third kappa shape index (κ3) is 2.96. The Kier molecular flexibility index (Phi) is 4.80. The van der Waals surface area contributed by atoms with Gasteiger partial charge in [-0.3, -0.25) is 4.79 Å². The second kappa shape index (κ2) is 7.04. The molecule has 3 heterocycles. The molecule has 1 amide bonds. The van der Waals surface area contributed by atoms with E-state index in [4.69, 9.17) is 4.74 Å². The molecule has 0 atom stereocenters. The Labute approximate surface area is 151 Å². The fourth-order valence-corrected chi connectivity index (χ4v) is 3.33. The maximum absolute atomic E-state index is 12.2. The van der Waals surface area contributed by atoms with E-state index in [9.17, 15) is 14.9 Å². The normalized spacial score (nSPS) is 14.4. The molecule has 0 aromatic carbocycles. The van der Waals surface area contributed by atoms with Crippen molar-refractivity contribution in [2.24, 2.45) is 0 Å². The second-order valence-corrected chi connectivity index (χ2v) is 6.19. The molecular formula is C18H21N5O3. The molecule has 3 rings (SSSR count). The standard InChI is InChI=1S/C18H21N5O3/c1-4-26-18(25)15-11-23-16(12(15)2)17(14(9-19)10-20-23)22-7-5-21(6-8-22)13(3)24/h10-11H,4-8H2,1-3H3. The number of ether oxygens (including phenoxy) is 1. The molecule has 0 aliphatic carbocycles. The van der Waals surface area contributed by atoms with E-state index in [1.807, 2.05) is 6.92 Å². The molecule has 2 aromatic rings. The average molecular weight is 355 g/mol. The molecule has 1 fully saturated rings. The van der Waals surface area contributed by atoms with Crippen LogP contribution in [0.15, 0.2) is 12.4 Å². The van der Waals surface area contributed by atoms with Crippen LogP contribution in [0.5, 0.6) is 0 Å². The Bertz CT molecular complexity index is 904. The highest BCUT2D eigenvalue weighted by atomic mass is 16.5. The number of nitrogens with zero attached hydrogens (tertiary/aromatic N) is 5. The number of rotatable bonds is 3. The van der Waals surface area contributed by atoms with Crippen LogP contribution in [-0.2, 0) is 9.53 Å². The van der Waals surface area contributed by atoms with Crippen molar-refractivity contribution in [3.63, 3.8) is 0 Å². The number of carbonyl (C=O) groups excluding carboxylic acids is 2. The summed E-state index contributed by atoms with van der Waals surface area (Å²) in [5.74, 6) is -0.352. The van der Waals surface area contributed by atoms with Gasteiger partial charge < -0.3 is 14.5 Å². The molecule has 1 aliphatic heterocycles. The number of hydrogen-bond acceptors (Lipinski definition) is 6. The molecule has 136 valence electrons. The lowest BCUT2D eigenvalue weighted by atomic mass is 10.1. The molecule has 0 N–H and O–H groups in total. The summed E-state index contributed by atoms with van der Waals surface area (Å²) >= 11 is 0. The summed E-state index contributed by atoms with van der Waals surface area (Å²) in [5, 5.41) is 13.8. The lowest BCUT2D eigenvalue weighted by Crippen LogP contribution is -2.48. The van der Waals surface area contributed by atoms with Crippen molar-refractivity contribution in [2.75, 3.05) is 37.7 Å². The van der Waals surface area contributed by atoms with Crippen molar-refractivity contribution in [1.29, 1.82) is 5.26 Å². The quantitative estimate of drug-likeness (QED) is 0.772. The van der Waals surface area contributed by atoms with E-state index < -0.39 is 5.97 Å². The van der Waals surface area contributed by atoms with Crippen molar-refractivity contribution in [2.45, 2.75) is 20.8 Å². The number of aryl methyl sites for hydroxylation is 1. The summed E-state index contributed by atoms with van der Waals surface area (Å²) in [4.78, 5) is 27.6. The summed E-state index contributed by atoms with van der Waals surface area (Å²) in [5.41, 5.74) is 3.10. The minimum atomic E-state index is -0.402. The number of carbonyl (C=O) groups is 2. The van der Waals surface area contributed by atoms with Gasteiger partial charge in [-0.15, -0.1) is 0 Å². The number of aromatic nitrogens is 2. The van der Waals surface area contributed by atoms with Gasteiger partial charge in [0.1, 0.15) is 6.07 Å². The van der Waals surface area contributed by atoms with E-state index in [0.717, 1.165) is 16.8 Å². The van der Waals surface area contributed by atoms with Gasteiger partial charge in [-0.05, 0) is 19.4 Å². The van der Waals surface area contributed by atoms with Crippen molar-refractivity contribution < 1.29 is 14.3 Å². The van der Waals surface area contributed by atoms with E-state index in [1.165, 1.54) is 6.20 Å². The first-order valence-electron chi connectivity index (χ1n) is 8.56. The lowest BCUT2D eigenvalue weighted by molar-refractivity contribution is -0.129. The number of fused-ring (bicyclic) bond motifs is 1. The van der Waals surface area contributed by atoms with Gasteiger partial charge in [0.05, 0.1) is 35.1 Å². The van der Waals surface area contributed by atoms with E-state index in [0.29, 0.717) is 43.9 Å². The van der Waals surface area contributed by atoms with Crippen LogP contribution < -0.4 is 4.90 Å². The van der Waals surface area contributed by atoms with Gasteiger partial charge in [0, 0.05) is 39.3 Å². The maximum atomic E-state index is 12.2. The topological polar surface area (TPSA) is 90.9 Å². The van der Waals surface area contributed by atoms with Gasteiger partial charge in [0.15, 0.2) is 0 Å². The van der Waals surface area contributed by atoms with Crippen molar-refractivity contribution >= 4 is 23.1 Å². The molecule has 8 heteroatoms. The largest absolute Gasteiger partial charge is 0.462 e. The summed E-state index contributed by atoms with van der Waals surface area (Å²) < 4.78 is 6.74. The maximum Gasteiger partial charge on any atom is 0.340 e. The van der Waals surface area contributed by atoms with E-state index in [1.54, 1.807) is 29.5 Å². The van der Waals surface area contributed by atoms with Gasteiger partial charge in [-0.1, -0.05) is 0 Å². The van der Waals surface area contributed by atoms with Gasteiger partial charge in [-0.2, -0.15) is 10.4 Å².